The number of nitrogens with two attached hydrogens (primary N) is 1. The Morgan fingerprint density at radius 2 is 1.68 bits per heavy atom. The predicted octanol–water partition coefficient (Wildman–Crippen LogP) is 3.54. The normalized spacial score (nSPS) is 10.7. The van der Waals surface area contributed by atoms with Gasteiger partial charge in [0, 0.05) is 26.0 Å². The quantitative estimate of drug-likeness (QED) is 0.278. The lowest BCUT2D eigenvalue weighted by molar-refractivity contribution is -0.137. The number of carbonyl (C=O) groups is 3. The van der Waals surface area contributed by atoms with Crippen molar-refractivity contribution in [1.82, 2.24) is 5.32 Å². The Kier molecular flexibility index (Phi) is 13.9. The summed E-state index contributed by atoms with van der Waals surface area (Å²) < 4.78 is 9.43. The van der Waals surface area contributed by atoms with Gasteiger partial charge in [0.25, 0.3) is 0 Å². The van der Waals surface area contributed by atoms with Crippen LogP contribution in [-0.4, -0.2) is 50.4 Å². The maximum atomic E-state index is 10.8. The number of nitrogens with one attached hydrogen (secondary N) is 1. The van der Waals surface area contributed by atoms with Crippen molar-refractivity contribution < 1.29 is 29.0 Å². The van der Waals surface area contributed by atoms with Crippen LogP contribution in [0.25, 0.3) is 11.1 Å². The predicted molar refractivity (Wildman–Crippen MR) is 130 cm³/mol. The van der Waals surface area contributed by atoms with E-state index in [1.54, 1.807) is 7.11 Å². The first-order valence-electron chi connectivity index (χ1n) is 10.9. The van der Waals surface area contributed by atoms with E-state index in [0.717, 1.165) is 12.8 Å². The molecular weight excluding hydrogens is 436 g/mol. The molecule has 0 heterocycles. The minimum atomic E-state index is -0.756. The number of rotatable bonds is 10. The molecule has 182 valence electrons. The smallest absolute Gasteiger partial charge is 0.404 e. The molecule has 2 amide bonds. The van der Waals surface area contributed by atoms with Gasteiger partial charge in [-0.15, -0.1) is 6.42 Å². The lowest BCUT2D eigenvalue weighted by Gasteiger charge is -2.12. The van der Waals surface area contributed by atoms with E-state index in [1.807, 2.05) is 24.3 Å². The molecule has 3 rings (SSSR count). The number of carboxylic acid groups (broad SMARTS) is 1. The Morgan fingerprint density at radius 3 is 2.12 bits per heavy atom. The third-order valence-electron chi connectivity index (χ3n) is 4.88. The number of ether oxygens (including phenoxy) is 2. The molecule has 0 aromatic heterocycles. The van der Waals surface area contributed by atoms with Crippen LogP contribution in [0.4, 0.5) is 4.79 Å². The van der Waals surface area contributed by atoms with Gasteiger partial charge in [0.05, 0.1) is 0 Å². The number of benzene rings is 2. The van der Waals surface area contributed by atoms with Gasteiger partial charge in [-0.25, -0.2) is 4.79 Å². The molecule has 0 atom stereocenters. The number of carbonyl (C=O) groups excluding carboxylic acids is 2. The highest BCUT2D eigenvalue weighted by Gasteiger charge is 2.28. The second kappa shape index (κ2) is 16.8. The summed E-state index contributed by atoms with van der Waals surface area (Å²) in [5.74, 6) is 1.63. The molecule has 0 radical (unpaired) electrons. The number of methoxy groups -OCH3 is 1. The van der Waals surface area contributed by atoms with Crippen LogP contribution in [0.1, 0.15) is 42.7 Å². The number of primary amides is 1. The molecule has 1 aliphatic rings. The zero-order valence-electron chi connectivity index (χ0n) is 19.4. The first-order chi connectivity index (χ1) is 16.5. The highest BCUT2D eigenvalue weighted by atomic mass is 16.5. The summed E-state index contributed by atoms with van der Waals surface area (Å²) in [6.07, 6.45) is 7.31. The van der Waals surface area contributed by atoms with Crippen molar-refractivity contribution in [2.75, 3.05) is 26.9 Å². The number of carboxylic acids is 1. The number of unbranched alkanes of at least 4 members (excludes halogenated alkanes) is 2. The van der Waals surface area contributed by atoms with E-state index in [4.69, 9.17) is 22.0 Å². The zero-order chi connectivity index (χ0) is 25.2. The summed E-state index contributed by atoms with van der Waals surface area (Å²) >= 11 is 0. The van der Waals surface area contributed by atoms with Crippen molar-refractivity contribution in [2.24, 2.45) is 5.73 Å². The summed E-state index contributed by atoms with van der Waals surface area (Å²) in [5.41, 5.74) is 9.87. The molecule has 0 saturated carbocycles. The topological polar surface area (TPSA) is 128 Å². The Hall–Kier alpha value is -3.83. The average molecular weight is 469 g/mol. The molecule has 2 aromatic carbocycles. The second-order valence-corrected chi connectivity index (χ2v) is 7.27. The van der Waals surface area contributed by atoms with E-state index in [-0.39, 0.29) is 12.3 Å². The average Bonchev–Trinajstić information content (AvgIpc) is 3.15. The Bertz CT molecular complexity index is 909. The summed E-state index contributed by atoms with van der Waals surface area (Å²) in [4.78, 5) is 30.5. The van der Waals surface area contributed by atoms with Gasteiger partial charge in [-0.05, 0) is 35.1 Å². The Morgan fingerprint density at radius 1 is 1.09 bits per heavy atom. The molecule has 8 heteroatoms. The molecule has 0 bridgehead atoms. The number of hydrogen-bond acceptors (Lipinski definition) is 5. The largest absolute Gasteiger partial charge is 0.481 e. The molecule has 0 unspecified atom stereocenters. The van der Waals surface area contributed by atoms with Crippen molar-refractivity contribution in [2.45, 2.75) is 31.6 Å². The van der Waals surface area contributed by atoms with Crippen LogP contribution in [0.5, 0.6) is 0 Å². The summed E-state index contributed by atoms with van der Waals surface area (Å²) in [6.45, 7) is 1.35. The minimum absolute atomic E-state index is 0.0879. The molecule has 8 nitrogen and oxygen atoms in total. The minimum Gasteiger partial charge on any atom is -0.481 e. The van der Waals surface area contributed by atoms with Crippen LogP contribution in [-0.2, 0) is 19.1 Å². The first kappa shape index (κ1) is 28.2. The molecule has 0 spiro atoms. The fourth-order valence-corrected chi connectivity index (χ4v) is 3.43. The maximum Gasteiger partial charge on any atom is 0.404 e. The summed E-state index contributed by atoms with van der Waals surface area (Å²) in [5, 5.41) is 10.8. The van der Waals surface area contributed by atoms with Crippen molar-refractivity contribution in [3.05, 3.63) is 59.7 Å². The van der Waals surface area contributed by atoms with E-state index in [0.29, 0.717) is 32.6 Å². The van der Waals surface area contributed by atoms with Gasteiger partial charge in [-0.2, -0.15) is 0 Å². The van der Waals surface area contributed by atoms with Crippen molar-refractivity contribution in [1.29, 1.82) is 0 Å². The van der Waals surface area contributed by atoms with Gasteiger partial charge < -0.3 is 25.6 Å². The number of terminal acetylenes is 1. The van der Waals surface area contributed by atoms with E-state index in [1.165, 1.54) is 22.3 Å². The lowest BCUT2D eigenvalue weighted by Crippen LogP contribution is -2.17. The molecule has 2 aromatic rings. The molecule has 0 saturated heterocycles. The molecular formula is C26H32N2O6. The van der Waals surface area contributed by atoms with Gasteiger partial charge in [0.1, 0.15) is 13.2 Å². The van der Waals surface area contributed by atoms with Gasteiger partial charge in [0.2, 0.25) is 6.41 Å². The van der Waals surface area contributed by atoms with Crippen molar-refractivity contribution in [3.8, 4) is 23.5 Å². The SMILES string of the molecule is C#CCOC.NC(=O)OCC1c2ccccc2-c2ccccc21.O=CNCCCCCC(=O)O. The fraction of sp³-hybridized carbons (Fsp3) is 0.346. The molecule has 4 N–H and O–H groups in total. The van der Waals surface area contributed by atoms with E-state index >= 15 is 0 Å². The van der Waals surface area contributed by atoms with Crippen molar-refractivity contribution in [3.63, 3.8) is 0 Å². The maximum absolute atomic E-state index is 10.8. The lowest BCUT2D eigenvalue weighted by atomic mass is 9.98. The Balaban J connectivity index is 0.000000310. The van der Waals surface area contributed by atoms with E-state index in [9.17, 15) is 14.4 Å². The van der Waals surface area contributed by atoms with Crippen LogP contribution in [0.3, 0.4) is 0 Å². The number of amides is 2. The van der Waals surface area contributed by atoms with Crippen LogP contribution in [0, 0.1) is 12.3 Å². The van der Waals surface area contributed by atoms with E-state index < -0.39 is 12.1 Å². The third-order valence-corrected chi connectivity index (χ3v) is 4.88. The highest BCUT2D eigenvalue weighted by molar-refractivity contribution is 5.79. The van der Waals surface area contributed by atoms with Crippen LogP contribution >= 0.6 is 0 Å². The van der Waals surface area contributed by atoms with Gasteiger partial charge in [-0.3, -0.25) is 9.59 Å². The molecule has 34 heavy (non-hydrogen) atoms. The zero-order valence-corrected chi connectivity index (χ0v) is 19.4. The summed E-state index contributed by atoms with van der Waals surface area (Å²) in [6, 6.07) is 16.4. The molecule has 0 aliphatic heterocycles. The Labute approximate surface area is 200 Å². The highest BCUT2D eigenvalue weighted by Crippen LogP contribution is 2.44. The van der Waals surface area contributed by atoms with E-state index in [2.05, 4.69) is 40.2 Å². The molecule has 1 aliphatic carbocycles. The van der Waals surface area contributed by atoms with Crippen LogP contribution in [0.2, 0.25) is 0 Å². The fourth-order valence-electron chi connectivity index (χ4n) is 3.43. The standard InChI is InChI=1S/C15H13NO2.C7H13NO3.C4H6O/c16-15(17)18-9-14-12-7-3-1-5-10(12)11-6-2-4-8-13(11)14;9-6-8-5-3-1-2-4-7(10)11;1-3-4-5-2/h1-8,14H,9H2,(H2,16,17);6H,1-5H2,(H,8,9)(H,10,11);1H,4H2,2H3. The molecule has 0 fully saturated rings. The third kappa shape index (κ3) is 10.2. The van der Waals surface area contributed by atoms with Crippen molar-refractivity contribution >= 4 is 18.5 Å². The van der Waals surface area contributed by atoms with Crippen LogP contribution in [0.15, 0.2) is 48.5 Å². The van der Waals surface area contributed by atoms with Gasteiger partial charge >= 0.3 is 12.1 Å². The first-order valence-corrected chi connectivity index (χ1v) is 10.9. The number of hydrogen-bond donors (Lipinski definition) is 3. The second-order valence-electron chi connectivity index (χ2n) is 7.27. The van der Waals surface area contributed by atoms with Gasteiger partial charge in [-0.1, -0.05) is 60.9 Å². The van der Waals surface area contributed by atoms with Gasteiger partial charge in [0.15, 0.2) is 0 Å². The number of aliphatic carboxylic acids is 1. The van der Waals surface area contributed by atoms with Crippen LogP contribution < -0.4 is 11.1 Å². The summed E-state index contributed by atoms with van der Waals surface area (Å²) in [7, 11) is 1.57. The number of fused-ring (bicyclic) bond motifs is 3. The monoisotopic (exact) mass is 468 g/mol.